The Morgan fingerprint density at radius 1 is 1.35 bits per heavy atom. The van der Waals surface area contributed by atoms with Crippen molar-refractivity contribution in [1.82, 2.24) is 25.4 Å². The van der Waals surface area contributed by atoms with Crippen molar-refractivity contribution in [3.8, 4) is 0 Å². The van der Waals surface area contributed by atoms with Crippen molar-refractivity contribution < 1.29 is 4.74 Å². The van der Waals surface area contributed by atoms with Crippen molar-refractivity contribution >= 4 is 47.2 Å². The zero-order chi connectivity index (χ0) is 21.3. The Morgan fingerprint density at radius 2 is 2.19 bits per heavy atom. The molecule has 1 fully saturated rings. The van der Waals surface area contributed by atoms with Crippen LogP contribution in [0.4, 0.5) is 5.69 Å². The van der Waals surface area contributed by atoms with Crippen molar-refractivity contribution in [2.24, 2.45) is 12.0 Å². The van der Waals surface area contributed by atoms with Gasteiger partial charge in [0.2, 0.25) is 0 Å². The van der Waals surface area contributed by atoms with E-state index >= 15 is 0 Å². The van der Waals surface area contributed by atoms with Crippen LogP contribution in [0.1, 0.15) is 31.4 Å². The van der Waals surface area contributed by atoms with E-state index in [0.29, 0.717) is 12.6 Å². The Bertz CT molecular complexity index is 845. The van der Waals surface area contributed by atoms with E-state index < -0.39 is 0 Å². The van der Waals surface area contributed by atoms with Gasteiger partial charge in [0.25, 0.3) is 0 Å². The quantitative estimate of drug-likeness (QED) is 0.212. The predicted octanol–water partition coefficient (Wildman–Crippen LogP) is 3.14. The lowest BCUT2D eigenvalue weighted by Gasteiger charge is -2.21. The number of benzene rings is 1. The van der Waals surface area contributed by atoms with Gasteiger partial charge in [-0.1, -0.05) is 17.7 Å². The van der Waals surface area contributed by atoms with Gasteiger partial charge in [-0.2, -0.15) is 0 Å². The van der Waals surface area contributed by atoms with Gasteiger partial charge in [-0.3, -0.25) is 0 Å². The average Bonchev–Trinajstić information content (AvgIpc) is 3.33. The number of nitrogens with zero attached hydrogens (tertiary/aromatic N) is 5. The molecule has 0 radical (unpaired) electrons. The van der Waals surface area contributed by atoms with E-state index in [1.165, 1.54) is 0 Å². The van der Waals surface area contributed by atoms with E-state index in [1.54, 1.807) is 0 Å². The average molecular weight is 562 g/mol. The largest absolute Gasteiger partial charge is 0.382 e. The van der Waals surface area contributed by atoms with Crippen LogP contribution in [0, 0.1) is 6.92 Å². The topological polar surface area (TPSA) is 79.6 Å². The molecule has 0 spiro atoms. The molecule has 1 aliphatic heterocycles. The first kappa shape index (κ1) is 25.7. The number of aromatic nitrogens is 3. The SMILES string of the molecule is CCOCCCNC(=NCc1nnc(C)n1C)NC1CCN(c2cccc(Cl)c2)C1.I. The molecule has 3 rings (SSSR count). The molecule has 1 saturated heterocycles. The maximum Gasteiger partial charge on any atom is 0.191 e. The molecular weight excluding hydrogens is 529 g/mol. The number of ether oxygens (including phenoxy) is 1. The minimum absolute atomic E-state index is 0. The number of hydrogen-bond donors (Lipinski definition) is 2. The van der Waals surface area contributed by atoms with Crippen molar-refractivity contribution in [3.05, 3.63) is 40.9 Å². The summed E-state index contributed by atoms with van der Waals surface area (Å²) in [6.45, 7) is 8.60. The molecule has 1 aromatic carbocycles. The molecule has 172 valence electrons. The van der Waals surface area contributed by atoms with Gasteiger partial charge >= 0.3 is 0 Å². The van der Waals surface area contributed by atoms with Gasteiger partial charge in [-0.05, 0) is 44.9 Å². The molecule has 0 bridgehead atoms. The van der Waals surface area contributed by atoms with Gasteiger partial charge in [-0.25, -0.2) is 4.99 Å². The summed E-state index contributed by atoms with van der Waals surface area (Å²) >= 11 is 6.16. The number of hydrogen-bond acceptors (Lipinski definition) is 5. The summed E-state index contributed by atoms with van der Waals surface area (Å²) in [5.41, 5.74) is 1.16. The van der Waals surface area contributed by atoms with E-state index in [-0.39, 0.29) is 24.0 Å². The number of halogens is 2. The Kier molecular flexibility index (Phi) is 10.8. The first-order valence-corrected chi connectivity index (χ1v) is 10.9. The molecule has 1 aliphatic rings. The van der Waals surface area contributed by atoms with Crippen LogP contribution in [-0.4, -0.2) is 59.6 Å². The van der Waals surface area contributed by atoms with Crippen molar-refractivity contribution in [1.29, 1.82) is 0 Å². The fourth-order valence-corrected chi connectivity index (χ4v) is 3.58. The molecule has 1 unspecified atom stereocenters. The lowest BCUT2D eigenvalue weighted by molar-refractivity contribution is 0.145. The molecule has 1 atom stereocenters. The van der Waals surface area contributed by atoms with Gasteiger partial charge < -0.3 is 24.8 Å². The van der Waals surface area contributed by atoms with Crippen molar-refractivity contribution in [2.75, 3.05) is 37.7 Å². The molecule has 0 saturated carbocycles. The maximum atomic E-state index is 6.16. The highest BCUT2D eigenvalue weighted by Gasteiger charge is 2.23. The van der Waals surface area contributed by atoms with Gasteiger partial charge in [0, 0.05) is 56.6 Å². The molecule has 2 aromatic rings. The standard InChI is InChI=1S/C21H32ClN7O.HI/c1-4-30-12-6-10-23-21(24-14-20-27-26-16(2)28(20)3)25-18-9-11-29(15-18)19-8-5-7-17(22)13-19;/h5,7-8,13,18H,4,6,9-12,14-15H2,1-3H3,(H2,23,24,25);1H. The lowest BCUT2D eigenvalue weighted by Crippen LogP contribution is -2.45. The monoisotopic (exact) mass is 561 g/mol. The zero-order valence-electron chi connectivity index (χ0n) is 18.5. The Balaban J connectivity index is 0.00000341. The van der Waals surface area contributed by atoms with E-state index in [9.17, 15) is 0 Å². The van der Waals surface area contributed by atoms with Crippen LogP contribution in [0.15, 0.2) is 29.3 Å². The van der Waals surface area contributed by atoms with Crippen LogP contribution < -0.4 is 15.5 Å². The van der Waals surface area contributed by atoms with Crippen molar-refractivity contribution in [3.63, 3.8) is 0 Å². The second-order valence-electron chi connectivity index (χ2n) is 7.42. The maximum absolute atomic E-state index is 6.16. The molecular formula is C21H33ClIN7O. The first-order valence-electron chi connectivity index (χ1n) is 10.5. The van der Waals surface area contributed by atoms with E-state index in [4.69, 9.17) is 21.3 Å². The Labute approximate surface area is 206 Å². The van der Waals surface area contributed by atoms with Crippen molar-refractivity contribution in [2.45, 2.75) is 39.3 Å². The molecule has 2 heterocycles. The molecule has 8 nitrogen and oxygen atoms in total. The normalized spacial score (nSPS) is 16.3. The third kappa shape index (κ3) is 7.80. The van der Waals surface area contributed by atoms with Crippen LogP contribution >= 0.6 is 35.6 Å². The summed E-state index contributed by atoms with van der Waals surface area (Å²) in [5, 5.41) is 16.1. The Morgan fingerprint density at radius 3 is 2.90 bits per heavy atom. The number of nitrogens with one attached hydrogen (secondary N) is 2. The molecule has 31 heavy (non-hydrogen) atoms. The second-order valence-corrected chi connectivity index (χ2v) is 7.86. The number of aliphatic imine (C=N–C) groups is 1. The fourth-order valence-electron chi connectivity index (χ4n) is 3.40. The molecule has 2 N–H and O–H groups in total. The fraction of sp³-hybridized carbons (Fsp3) is 0.571. The number of guanidine groups is 1. The first-order chi connectivity index (χ1) is 14.6. The van der Waals surface area contributed by atoms with Gasteiger partial charge in [0.15, 0.2) is 11.8 Å². The van der Waals surface area contributed by atoms with Gasteiger partial charge in [0.05, 0.1) is 0 Å². The predicted molar refractivity (Wildman–Crippen MR) is 137 cm³/mol. The highest BCUT2D eigenvalue weighted by atomic mass is 127. The molecule has 0 amide bonds. The van der Waals surface area contributed by atoms with Crippen LogP contribution in [0.2, 0.25) is 5.02 Å². The summed E-state index contributed by atoms with van der Waals surface area (Å²) in [4.78, 5) is 7.10. The molecule has 10 heteroatoms. The Hall–Kier alpha value is -1.59. The van der Waals surface area contributed by atoms with Gasteiger partial charge in [-0.15, -0.1) is 34.2 Å². The summed E-state index contributed by atoms with van der Waals surface area (Å²) in [6.07, 6.45) is 1.96. The third-order valence-electron chi connectivity index (χ3n) is 5.23. The van der Waals surface area contributed by atoms with Crippen LogP contribution in [0.25, 0.3) is 0 Å². The molecule has 0 aliphatic carbocycles. The summed E-state index contributed by atoms with van der Waals surface area (Å²) in [5.74, 6) is 2.52. The second kappa shape index (κ2) is 13.1. The summed E-state index contributed by atoms with van der Waals surface area (Å²) in [6, 6.07) is 8.33. The van der Waals surface area contributed by atoms with Crippen LogP contribution in [0.5, 0.6) is 0 Å². The minimum Gasteiger partial charge on any atom is -0.382 e. The van der Waals surface area contributed by atoms with E-state index in [1.807, 2.05) is 43.7 Å². The van der Waals surface area contributed by atoms with E-state index in [0.717, 1.165) is 74.0 Å². The summed E-state index contributed by atoms with van der Waals surface area (Å²) < 4.78 is 7.39. The number of anilines is 1. The summed E-state index contributed by atoms with van der Waals surface area (Å²) in [7, 11) is 1.96. The number of rotatable bonds is 9. The van der Waals surface area contributed by atoms with Gasteiger partial charge in [0.1, 0.15) is 12.4 Å². The molecule has 1 aromatic heterocycles. The number of aryl methyl sites for hydroxylation is 1. The van der Waals surface area contributed by atoms with Crippen LogP contribution in [-0.2, 0) is 18.3 Å². The van der Waals surface area contributed by atoms with Crippen LogP contribution in [0.3, 0.4) is 0 Å². The minimum atomic E-state index is 0. The highest BCUT2D eigenvalue weighted by Crippen LogP contribution is 2.23. The lowest BCUT2D eigenvalue weighted by atomic mass is 10.2. The third-order valence-corrected chi connectivity index (χ3v) is 5.46. The smallest absolute Gasteiger partial charge is 0.191 e. The van der Waals surface area contributed by atoms with E-state index in [2.05, 4.69) is 31.8 Å². The zero-order valence-corrected chi connectivity index (χ0v) is 21.6. The highest BCUT2D eigenvalue weighted by molar-refractivity contribution is 14.0.